The van der Waals surface area contributed by atoms with Crippen molar-refractivity contribution in [2.75, 3.05) is 26.7 Å². The molecule has 3 rings (SSSR count). The van der Waals surface area contributed by atoms with Gasteiger partial charge in [-0.3, -0.25) is 4.79 Å². The molecular formula is C18H26ClN5O3. The van der Waals surface area contributed by atoms with Crippen LogP contribution in [0.5, 0.6) is 11.5 Å². The number of nitrogens with zero attached hydrogens (tertiary/aromatic N) is 3. The zero-order chi connectivity index (χ0) is 18.4. The van der Waals surface area contributed by atoms with Crippen LogP contribution in [0.15, 0.2) is 30.5 Å². The summed E-state index contributed by atoms with van der Waals surface area (Å²) in [6.45, 7) is 4.21. The molecule has 1 amide bonds. The van der Waals surface area contributed by atoms with Gasteiger partial charge in [-0.2, -0.15) is 0 Å². The average Bonchev–Trinajstić information content (AvgIpc) is 3.18. The number of rotatable bonds is 7. The number of nitrogens with one attached hydrogen (secondary N) is 2. The summed E-state index contributed by atoms with van der Waals surface area (Å²) >= 11 is 0. The van der Waals surface area contributed by atoms with Crippen molar-refractivity contribution in [3.63, 3.8) is 0 Å². The lowest BCUT2D eigenvalue weighted by Gasteiger charge is -2.22. The Morgan fingerprint density at radius 3 is 2.63 bits per heavy atom. The Kier molecular flexibility index (Phi) is 7.87. The zero-order valence-corrected chi connectivity index (χ0v) is 16.4. The molecule has 1 saturated heterocycles. The highest BCUT2D eigenvalue weighted by Crippen LogP contribution is 2.18. The van der Waals surface area contributed by atoms with Gasteiger partial charge in [0.05, 0.1) is 25.9 Å². The van der Waals surface area contributed by atoms with Crippen molar-refractivity contribution in [1.29, 1.82) is 0 Å². The van der Waals surface area contributed by atoms with Crippen LogP contribution in [-0.4, -0.2) is 53.7 Å². The fourth-order valence-corrected chi connectivity index (χ4v) is 2.89. The number of hydrogen-bond acceptors (Lipinski definition) is 6. The van der Waals surface area contributed by atoms with Crippen molar-refractivity contribution < 1.29 is 14.3 Å². The van der Waals surface area contributed by atoms with Gasteiger partial charge in [0.1, 0.15) is 17.6 Å². The van der Waals surface area contributed by atoms with Gasteiger partial charge in [0.15, 0.2) is 5.69 Å². The zero-order valence-electron chi connectivity index (χ0n) is 15.6. The second kappa shape index (κ2) is 10.1. The Hall–Kier alpha value is -2.32. The summed E-state index contributed by atoms with van der Waals surface area (Å²) in [4.78, 5) is 12.3. The molecule has 0 saturated carbocycles. The molecule has 1 aromatic carbocycles. The highest BCUT2D eigenvalue weighted by atomic mass is 35.5. The number of amides is 1. The lowest BCUT2D eigenvalue weighted by molar-refractivity contribution is 0.0927. The molecule has 27 heavy (non-hydrogen) atoms. The van der Waals surface area contributed by atoms with E-state index in [0.717, 1.165) is 37.4 Å². The van der Waals surface area contributed by atoms with Gasteiger partial charge in [-0.15, -0.1) is 17.5 Å². The number of aromatic nitrogens is 3. The third-order valence-corrected chi connectivity index (χ3v) is 4.37. The lowest BCUT2D eigenvalue weighted by atomic mass is 10.1. The second-order valence-electron chi connectivity index (χ2n) is 6.38. The van der Waals surface area contributed by atoms with Crippen molar-refractivity contribution in [2.24, 2.45) is 0 Å². The Balaban J connectivity index is 0.00000261. The van der Waals surface area contributed by atoms with Gasteiger partial charge in [-0.1, -0.05) is 5.21 Å². The molecule has 1 unspecified atom stereocenters. The van der Waals surface area contributed by atoms with Crippen molar-refractivity contribution in [3.8, 4) is 11.5 Å². The van der Waals surface area contributed by atoms with E-state index in [-0.39, 0.29) is 24.4 Å². The highest BCUT2D eigenvalue weighted by molar-refractivity contribution is 5.91. The fourth-order valence-electron chi connectivity index (χ4n) is 2.89. The number of piperidine rings is 1. The van der Waals surface area contributed by atoms with Gasteiger partial charge in [0, 0.05) is 0 Å². The summed E-state index contributed by atoms with van der Waals surface area (Å²) in [5.74, 6) is 1.26. The summed E-state index contributed by atoms with van der Waals surface area (Å²) in [7, 11) is 1.62. The third-order valence-electron chi connectivity index (χ3n) is 4.37. The van der Waals surface area contributed by atoms with Crippen LogP contribution in [0.1, 0.15) is 36.3 Å². The summed E-state index contributed by atoms with van der Waals surface area (Å²) in [6, 6.07) is 7.64. The van der Waals surface area contributed by atoms with Crippen molar-refractivity contribution in [3.05, 3.63) is 36.2 Å². The Morgan fingerprint density at radius 2 is 1.96 bits per heavy atom. The number of carbonyl (C=O) groups is 1. The molecule has 1 atom stereocenters. The minimum absolute atomic E-state index is 0. The highest BCUT2D eigenvalue weighted by Gasteiger charge is 2.19. The maximum atomic E-state index is 12.3. The number of ether oxygens (including phenoxy) is 2. The monoisotopic (exact) mass is 395 g/mol. The number of carbonyl (C=O) groups excluding carboxylic acids is 1. The quantitative estimate of drug-likeness (QED) is 0.743. The molecule has 148 valence electrons. The maximum Gasteiger partial charge on any atom is 0.273 e. The molecule has 0 spiro atoms. The summed E-state index contributed by atoms with van der Waals surface area (Å²) in [5, 5.41) is 14.3. The number of benzene rings is 1. The lowest BCUT2D eigenvalue weighted by Crippen LogP contribution is -2.33. The largest absolute Gasteiger partial charge is 0.497 e. The molecule has 1 aliphatic rings. The molecule has 0 radical (unpaired) electrons. The predicted octanol–water partition coefficient (Wildman–Crippen LogP) is 1.83. The van der Waals surface area contributed by atoms with Crippen LogP contribution in [-0.2, 0) is 0 Å². The van der Waals surface area contributed by atoms with E-state index in [2.05, 4.69) is 20.9 Å². The molecular weight excluding hydrogens is 370 g/mol. The molecule has 0 bridgehead atoms. The van der Waals surface area contributed by atoms with E-state index < -0.39 is 0 Å². The molecule has 1 fully saturated rings. The van der Waals surface area contributed by atoms with Crippen molar-refractivity contribution in [1.82, 2.24) is 25.6 Å². The van der Waals surface area contributed by atoms with E-state index in [9.17, 15) is 4.79 Å². The summed E-state index contributed by atoms with van der Waals surface area (Å²) in [5.41, 5.74) is 0.334. The van der Waals surface area contributed by atoms with Crippen molar-refractivity contribution >= 4 is 18.3 Å². The number of halogens is 1. The van der Waals surface area contributed by atoms with E-state index in [1.54, 1.807) is 18.0 Å². The van der Waals surface area contributed by atoms with Gasteiger partial charge in [-0.05, 0) is 57.1 Å². The molecule has 1 aromatic heterocycles. The van der Waals surface area contributed by atoms with Crippen LogP contribution < -0.4 is 20.1 Å². The van der Waals surface area contributed by atoms with Crippen LogP contribution in [0, 0.1) is 0 Å². The van der Waals surface area contributed by atoms with E-state index in [1.165, 1.54) is 0 Å². The summed E-state index contributed by atoms with van der Waals surface area (Å²) < 4.78 is 12.7. The van der Waals surface area contributed by atoms with Gasteiger partial charge in [0.2, 0.25) is 0 Å². The molecule has 2 heterocycles. The third kappa shape index (κ3) is 5.83. The Bertz CT molecular complexity index is 716. The predicted molar refractivity (Wildman–Crippen MR) is 104 cm³/mol. The molecule has 2 N–H and O–H groups in total. The van der Waals surface area contributed by atoms with E-state index >= 15 is 0 Å². The first-order chi connectivity index (χ1) is 12.7. The first-order valence-corrected chi connectivity index (χ1v) is 8.87. The van der Waals surface area contributed by atoms with Crippen LogP contribution in [0.2, 0.25) is 0 Å². The average molecular weight is 396 g/mol. The van der Waals surface area contributed by atoms with Gasteiger partial charge in [-0.25, -0.2) is 4.68 Å². The van der Waals surface area contributed by atoms with Crippen molar-refractivity contribution in [2.45, 2.75) is 31.9 Å². The smallest absolute Gasteiger partial charge is 0.273 e. The minimum atomic E-state index is -0.240. The number of methoxy groups -OCH3 is 1. The van der Waals surface area contributed by atoms with E-state index in [4.69, 9.17) is 9.47 Å². The van der Waals surface area contributed by atoms with Crippen LogP contribution in [0.4, 0.5) is 0 Å². The van der Waals surface area contributed by atoms with Gasteiger partial charge < -0.3 is 20.1 Å². The van der Waals surface area contributed by atoms with E-state index in [1.807, 2.05) is 31.2 Å². The Morgan fingerprint density at radius 1 is 1.30 bits per heavy atom. The topological polar surface area (TPSA) is 90.3 Å². The Labute approximate surface area is 165 Å². The van der Waals surface area contributed by atoms with E-state index in [0.29, 0.717) is 18.3 Å². The molecule has 2 aromatic rings. The SMILES string of the molecule is COc1ccc(OC(C)CNC(=O)c2cn(C3CCNCC3)nn2)cc1.Cl. The molecule has 1 aliphatic heterocycles. The first-order valence-electron chi connectivity index (χ1n) is 8.87. The van der Waals surface area contributed by atoms with Crippen LogP contribution >= 0.6 is 12.4 Å². The maximum absolute atomic E-state index is 12.3. The van der Waals surface area contributed by atoms with Gasteiger partial charge >= 0.3 is 0 Å². The molecule has 8 nitrogen and oxygen atoms in total. The molecule has 9 heteroatoms. The van der Waals surface area contributed by atoms with Crippen LogP contribution in [0.25, 0.3) is 0 Å². The summed E-state index contributed by atoms with van der Waals surface area (Å²) in [6.07, 6.45) is 3.54. The fraction of sp³-hybridized carbons (Fsp3) is 0.500. The second-order valence-corrected chi connectivity index (χ2v) is 6.38. The standard InChI is InChI=1S/C18H25N5O3.ClH/c1-13(26-16-5-3-15(25-2)4-6-16)11-20-18(24)17-12-23(22-21-17)14-7-9-19-10-8-14;/h3-6,12-14,19H,7-11H2,1-2H3,(H,20,24);1H. The number of hydrogen-bond donors (Lipinski definition) is 2. The van der Waals surface area contributed by atoms with Crippen LogP contribution in [0.3, 0.4) is 0 Å². The first kappa shape index (κ1) is 21.0. The van der Waals surface area contributed by atoms with Gasteiger partial charge in [0.25, 0.3) is 5.91 Å². The molecule has 0 aliphatic carbocycles. The minimum Gasteiger partial charge on any atom is -0.497 e. The normalized spacial score (nSPS) is 15.5.